The van der Waals surface area contributed by atoms with Crippen LogP contribution in [0, 0.1) is 13.8 Å². The van der Waals surface area contributed by atoms with Crippen molar-refractivity contribution in [3.63, 3.8) is 0 Å². The van der Waals surface area contributed by atoms with Crippen molar-refractivity contribution in [1.29, 1.82) is 0 Å². The molecular formula is C11H15P. The first-order valence-electron chi connectivity index (χ1n) is 4.09. The van der Waals surface area contributed by atoms with Gasteiger partial charge in [0.2, 0.25) is 0 Å². The largest absolute Gasteiger partial charge is 0.0936 e. The van der Waals surface area contributed by atoms with E-state index in [1.807, 2.05) is 0 Å². The summed E-state index contributed by atoms with van der Waals surface area (Å²) in [5.74, 6) is 0. The molecule has 1 aromatic rings. The van der Waals surface area contributed by atoms with Crippen LogP contribution >= 0.6 is 8.58 Å². The summed E-state index contributed by atoms with van der Waals surface area (Å²) >= 11 is 0. The fraction of sp³-hybridized carbons (Fsp3) is 0.273. The minimum absolute atomic E-state index is 0.808. The summed E-state index contributed by atoms with van der Waals surface area (Å²) in [5, 5.41) is 1.25. The van der Waals surface area contributed by atoms with Gasteiger partial charge in [0.15, 0.2) is 0 Å². The highest BCUT2D eigenvalue weighted by Gasteiger charge is 1.97. The van der Waals surface area contributed by atoms with Crippen LogP contribution in [-0.4, -0.2) is 6.66 Å². The predicted molar refractivity (Wildman–Crippen MR) is 59.2 cm³/mol. The van der Waals surface area contributed by atoms with Crippen molar-refractivity contribution in [2.75, 3.05) is 6.66 Å². The van der Waals surface area contributed by atoms with Crippen LogP contribution in [0.25, 0.3) is 5.31 Å². The van der Waals surface area contributed by atoms with E-state index in [1.165, 1.54) is 22.0 Å². The number of aryl methyl sites for hydroxylation is 2. The van der Waals surface area contributed by atoms with Gasteiger partial charge in [-0.2, -0.15) is 0 Å². The third-order valence-corrected chi connectivity index (χ3v) is 3.05. The maximum absolute atomic E-state index is 4.03. The van der Waals surface area contributed by atoms with E-state index in [-0.39, 0.29) is 0 Å². The Morgan fingerprint density at radius 3 is 2.42 bits per heavy atom. The van der Waals surface area contributed by atoms with E-state index < -0.39 is 0 Å². The Labute approximate surface area is 76.5 Å². The first kappa shape index (κ1) is 9.48. The van der Waals surface area contributed by atoms with E-state index in [0.717, 1.165) is 8.58 Å². The normalized spacial score (nSPS) is 10.9. The molecule has 0 aromatic heterocycles. The summed E-state index contributed by atoms with van der Waals surface area (Å²) in [6.07, 6.45) is 0. The van der Waals surface area contributed by atoms with Crippen molar-refractivity contribution >= 4 is 13.9 Å². The van der Waals surface area contributed by atoms with E-state index in [2.05, 4.69) is 45.3 Å². The zero-order valence-electron chi connectivity index (χ0n) is 7.94. The minimum atomic E-state index is 0.808. The van der Waals surface area contributed by atoms with Crippen molar-refractivity contribution in [2.45, 2.75) is 13.8 Å². The van der Waals surface area contributed by atoms with Gasteiger partial charge in [0.05, 0.1) is 0 Å². The lowest BCUT2D eigenvalue weighted by atomic mass is 10.1. The van der Waals surface area contributed by atoms with Gasteiger partial charge < -0.3 is 0 Å². The number of benzene rings is 1. The number of hydrogen-bond donors (Lipinski definition) is 0. The van der Waals surface area contributed by atoms with Crippen LogP contribution in [0.4, 0.5) is 0 Å². The van der Waals surface area contributed by atoms with E-state index >= 15 is 0 Å². The molecule has 0 nitrogen and oxygen atoms in total. The van der Waals surface area contributed by atoms with Crippen molar-refractivity contribution in [3.05, 3.63) is 41.5 Å². The average Bonchev–Trinajstić information content (AvgIpc) is 2.08. The average molecular weight is 178 g/mol. The molecule has 0 amide bonds. The summed E-state index contributed by atoms with van der Waals surface area (Å²) in [6.45, 7) is 10.5. The van der Waals surface area contributed by atoms with E-state index in [1.54, 1.807) is 0 Å². The lowest BCUT2D eigenvalue weighted by Crippen LogP contribution is -1.83. The molecule has 0 bridgehead atoms. The topological polar surface area (TPSA) is 0 Å². The molecule has 1 aromatic carbocycles. The molecule has 0 aliphatic carbocycles. The molecule has 0 radical (unpaired) electrons. The molecule has 0 heterocycles. The van der Waals surface area contributed by atoms with Gasteiger partial charge in [0, 0.05) is 0 Å². The Kier molecular flexibility index (Phi) is 3.05. The Bertz CT molecular complexity index is 300. The standard InChI is InChI=1S/C11H15P/c1-8-5-6-11(7-9(8)2)10(3)12-4/h5-7,12H,3H2,1-2,4H3. The Morgan fingerprint density at radius 1 is 1.25 bits per heavy atom. The summed E-state index contributed by atoms with van der Waals surface area (Å²) in [7, 11) is 0.808. The van der Waals surface area contributed by atoms with E-state index in [0.29, 0.717) is 0 Å². The van der Waals surface area contributed by atoms with E-state index in [9.17, 15) is 0 Å². The second-order valence-corrected chi connectivity index (χ2v) is 4.13. The third-order valence-electron chi connectivity index (χ3n) is 2.16. The van der Waals surface area contributed by atoms with Gasteiger partial charge >= 0.3 is 0 Å². The monoisotopic (exact) mass is 178 g/mol. The first-order valence-corrected chi connectivity index (χ1v) is 5.59. The Hall–Kier alpha value is -0.610. The highest BCUT2D eigenvalue weighted by molar-refractivity contribution is 7.49. The molecule has 0 aliphatic heterocycles. The second-order valence-electron chi connectivity index (χ2n) is 3.03. The third kappa shape index (κ3) is 1.95. The fourth-order valence-corrected chi connectivity index (χ4v) is 1.52. The lowest BCUT2D eigenvalue weighted by molar-refractivity contribution is 1.33. The first-order chi connectivity index (χ1) is 5.65. The van der Waals surface area contributed by atoms with Gasteiger partial charge in [-0.15, -0.1) is 0 Å². The molecule has 1 heteroatoms. The Morgan fingerprint density at radius 2 is 1.92 bits per heavy atom. The molecular weight excluding hydrogens is 163 g/mol. The van der Waals surface area contributed by atoms with Crippen molar-refractivity contribution in [2.24, 2.45) is 0 Å². The van der Waals surface area contributed by atoms with Crippen LogP contribution < -0.4 is 0 Å². The van der Waals surface area contributed by atoms with Crippen molar-refractivity contribution < 1.29 is 0 Å². The molecule has 0 saturated carbocycles. The van der Waals surface area contributed by atoms with Gasteiger partial charge in [-0.25, -0.2) is 0 Å². The highest BCUT2D eigenvalue weighted by Crippen LogP contribution is 2.29. The predicted octanol–water partition coefficient (Wildman–Crippen LogP) is 3.58. The maximum Gasteiger partial charge on any atom is -0.0185 e. The molecule has 0 fully saturated rings. The summed E-state index contributed by atoms with van der Waals surface area (Å²) in [5.41, 5.74) is 4.00. The molecule has 1 rings (SSSR count). The fourth-order valence-electron chi connectivity index (χ4n) is 1.07. The van der Waals surface area contributed by atoms with E-state index in [4.69, 9.17) is 0 Å². The van der Waals surface area contributed by atoms with Crippen LogP contribution in [-0.2, 0) is 0 Å². The van der Waals surface area contributed by atoms with Crippen LogP contribution in [0.1, 0.15) is 16.7 Å². The maximum atomic E-state index is 4.03. The second kappa shape index (κ2) is 3.87. The summed E-state index contributed by atoms with van der Waals surface area (Å²) in [6, 6.07) is 6.53. The van der Waals surface area contributed by atoms with Gasteiger partial charge in [-0.05, 0) is 42.5 Å². The van der Waals surface area contributed by atoms with Gasteiger partial charge in [0.1, 0.15) is 0 Å². The summed E-state index contributed by atoms with van der Waals surface area (Å²) < 4.78 is 0. The van der Waals surface area contributed by atoms with Crippen LogP contribution in [0.5, 0.6) is 0 Å². The highest BCUT2D eigenvalue weighted by atomic mass is 31.1. The molecule has 0 aliphatic rings. The minimum Gasteiger partial charge on any atom is -0.0936 e. The quantitative estimate of drug-likeness (QED) is 0.607. The molecule has 0 saturated heterocycles. The summed E-state index contributed by atoms with van der Waals surface area (Å²) in [4.78, 5) is 0. The molecule has 12 heavy (non-hydrogen) atoms. The SMILES string of the molecule is C=C(PC)c1ccc(C)c(C)c1. The zero-order valence-corrected chi connectivity index (χ0v) is 8.94. The smallest absolute Gasteiger partial charge is 0.0185 e. The number of rotatable bonds is 2. The van der Waals surface area contributed by atoms with Crippen molar-refractivity contribution in [1.82, 2.24) is 0 Å². The van der Waals surface area contributed by atoms with Crippen LogP contribution in [0.2, 0.25) is 0 Å². The molecule has 0 N–H and O–H groups in total. The molecule has 1 unspecified atom stereocenters. The van der Waals surface area contributed by atoms with Crippen molar-refractivity contribution in [3.8, 4) is 0 Å². The molecule has 1 atom stereocenters. The molecule has 0 spiro atoms. The Balaban J connectivity index is 3.05. The van der Waals surface area contributed by atoms with Gasteiger partial charge in [0.25, 0.3) is 0 Å². The van der Waals surface area contributed by atoms with Crippen LogP contribution in [0.15, 0.2) is 24.8 Å². The number of hydrogen-bond acceptors (Lipinski definition) is 0. The lowest BCUT2D eigenvalue weighted by Gasteiger charge is -2.05. The zero-order chi connectivity index (χ0) is 9.14. The van der Waals surface area contributed by atoms with Crippen LogP contribution in [0.3, 0.4) is 0 Å². The van der Waals surface area contributed by atoms with Gasteiger partial charge in [-0.1, -0.05) is 33.4 Å². The molecule has 64 valence electrons. The van der Waals surface area contributed by atoms with Gasteiger partial charge in [-0.3, -0.25) is 0 Å².